The van der Waals surface area contributed by atoms with Crippen LogP contribution >= 0.6 is 0 Å². The van der Waals surface area contributed by atoms with E-state index in [1.165, 1.54) is 4.90 Å². The van der Waals surface area contributed by atoms with Crippen molar-refractivity contribution in [1.82, 2.24) is 10.2 Å². The largest absolute Gasteiger partial charge is 0.481 e. The summed E-state index contributed by atoms with van der Waals surface area (Å²) in [4.78, 5) is 24.7. The van der Waals surface area contributed by atoms with Gasteiger partial charge >= 0.3 is 12.0 Å². The van der Waals surface area contributed by atoms with Crippen molar-refractivity contribution in [3.8, 4) is 0 Å². The first-order chi connectivity index (χ1) is 10.7. The molecule has 2 unspecified atom stereocenters. The average Bonchev–Trinajstić information content (AvgIpc) is 2.52. The number of hydrogen-bond acceptors (Lipinski definition) is 2. The van der Waals surface area contributed by atoms with Gasteiger partial charge in [0.1, 0.15) is 0 Å². The van der Waals surface area contributed by atoms with Crippen molar-refractivity contribution in [3.05, 3.63) is 35.9 Å². The molecule has 2 amide bonds. The summed E-state index contributed by atoms with van der Waals surface area (Å²) in [7, 11) is 1.62. The number of nitrogens with zero attached hydrogens (tertiary/aromatic N) is 1. The maximum atomic E-state index is 12.4. The lowest BCUT2D eigenvalue weighted by molar-refractivity contribution is -0.141. The van der Waals surface area contributed by atoms with Gasteiger partial charge in [-0.25, -0.2) is 4.79 Å². The van der Waals surface area contributed by atoms with Crippen LogP contribution in [0.1, 0.15) is 39.7 Å². The van der Waals surface area contributed by atoms with Crippen molar-refractivity contribution in [2.75, 3.05) is 13.6 Å². The highest BCUT2D eigenvalue weighted by molar-refractivity contribution is 5.76. The van der Waals surface area contributed by atoms with Gasteiger partial charge in [0, 0.05) is 25.0 Å². The molecular formula is C18H28N2O3. The average molecular weight is 320 g/mol. The molecule has 0 aromatic heterocycles. The van der Waals surface area contributed by atoms with E-state index in [1.807, 2.05) is 25.1 Å². The highest BCUT2D eigenvalue weighted by Crippen LogP contribution is 2.28. The fraction of sp³-hybridized carbons (Fsp3) is 0.556. The number of rotatable bonds is 7. The number of urea groups is 1. The van der Waals surface area contributed by atoms with Gasteiger partial charge in [-0.2, -0.15) is 0 Å². The molecule has 2 N–H and O–H groups in total. The fourth-order valence-corrected chi connectivity index (χ4v) is 2.69. The fourth-order valence-electron chi connectivity index (χ4n) is 2.69. The topological polar surface area (TPSA) is 69.6 Å². The molecule has 1 aromatic carbocycles. The van der Waals surface area contributed by atoms with Crippen molar-refractivity contribution in [2.24, 2.45) is 5.92 Å². The van der Waals surface area contributed by atoms with Gasteiger partial charge in [0.15, 0.2) is 0 Å². The van der Waals surface area contributed by atoms with Gasteiger partial charge in [0.2, 0.25) is 0 Å². The van der Waals surface area contributed by atoms with Crippen LogP contribution in [-0.2, 0) is 10.2 Å². The lowest BCUT2D eigenvalue weighted by Gasteiger charge is -2.36. The van der Waals surface area contributed by atoms with E-state index in [-0.39, 0.29) is 24.0 Å². The van der Waals surface area contributed by atoms with E-state index >= 15 is 0 Å². The first kappa shape index (κ1) is 19.0. The van der Waals surface area contributed by atoms with E-state index < -0.39 is 11.9 Å². The van der Waals surface area contributed by atoms with Crippen LogP contribution in [0, 0.1) is 5.92 Å². The molecule has 5 heteroatoms. The molecule has 0 fully saturated rings. The number of benzene rings is 1. The Balaban J connectivity index is 2.79. The van der Waals surface area contributed by atoms with Crippen LogP contribution in [0.25, 0.3) is 0 Å². The molecule has 0 heterocycles. The molecule has 0 aliphatic carbocycles. The maximum absolute atomic E-state index is 12.4. The summed E-state index contributed by atoms with van der Waals surface area (Å²) in [6.45, 7) is 8.03. The molecule has 0 aliphatic rings. The number of aliphatic carboxylic acids is 1. The summed E-state index contributed by atoms with van der Waals surface area (Å²) < 4.78 is 0. The lowest BCUT2D eigenvalue weighted by Crippen LogP contribution is -2.51. The van der Waals surface area contributed by atoms with Gasteiger partial charge in [-0.15, -0.1) is 0 Å². The SMILES string of the molecule is CCC(NC(=O)N(C)CC(C)C(=O)O)C(C)(C)c1ccccc1. The van der Waals surface area contributed by atoms with Crippen molar-refractivity contribution >= 4 is 12.0 Å². The normalized spacial score (nSPS) is 14.0. The minimum Gasteiger partial charge on any atom is -0.481 e. The van der Waals surface area contributed by atoms with Crippen LogP contribution in [0.4, 0.5) is 4.79 Å². The summed E-state index contributed by atoms with van der Waals surface area (Å²) >= 11 is 0. The molecule has 1 aromatic rings. The van der Waals surface area contributed by atoms with Gasteiger partial charge in [-0.3, -0.25) is 4.79 Å². The van der Waals surface area contributed by atoms with Gasteiger partial charge in [0.05, 0.1) is 5.92 Å². The van der Waals surface area contributed by atoms with Crippen LogP contribution < -0.4 is 5.32 Å². The molecule has 0 radical (unpaired) electrons. The van der Waals surface area contributed by atoms with E-state index in [0.717, 1.165) is 12.0 Å². The quantitative estimate of drug-likeness (QED) is 0.811. The molecule has 0 spiro atoms. The van der Waals surface area contributed by atoms with Crippen molar-refractivity contribution in [1.29, 1.82) is 0 Å². The summed E-state index contributed by atoms with van der Waals surface area (Å²) in [5.74, 6) is -1.49. The molecule has 0 saturated carbocycles. The minimum atomic E-state index is -0.902. The smallest absolute Gasteiger partial charge is 0.317 e. The first-order valence-corrected chi connectivity index (χ1v) is 8.00. The van der Waals surface area contributed by atoms with Crippen molar-refractivity contribution in [2.45, 2.75) is 45.6 Å². The first-order valence-electron chi connectivity index (χ1n) is 8.00. The maximum Gasteiger partial charge on any atom is 0.317 e. The lowest BCUT2D eigenvalue weighted by atomic mass is 9.76. The number of carboxylic acid groups (broad SMARTS) is 1. The molecule has 128 valence electrons. The van der Waals surface area contributed by atoms with E-state index in [2.05, 4.69) is 31.3 Å². The molecule has 2 atom stereocenters. The zero-order valence-electron chi connectivity index (χ0n) is 14.7. The predicted octanol–water partition coefficient (Wildman–Crippen LogP) is 3.10. The summed E-state index contributed by atoms with van der Waals surface area (Å²) in [5.41, 5.74) is 0.944. The number of carbonyl (C=O) groups excluding carboxylic acids is 1. The Bertz CT molecular complexity index is 528. The molecule has 5 nitrogen and oxygen atoms in total. The monoisotopic (exact) mass is 320 g/mol. The van der Waals surface area contributed by atoms with E-state index in [9.17, 15) is 9.59 Å². The van der Waals surface area contributed by atoms with Gasteiger partial charge < -0.3 is 15.3 Å². The zero-order chi connectivity index (χ0) is 17.6. The summed E-state index contributed by atoms with van der Waals surface area (Å²) in [6.07, 6.45) is 0.788. The number of carbonyl (C=O) groups is 2. The number of amides is 2. The highest BCUT2D eigenvalue weighted by atomic mass is 16.4. The van der Waals surface area contributed by atoms with Crippen LogP contribution in [0.5, 0.6) is 0 Å². The highest BCUT2D eigenvalue weighted by Gasteiger charge is 2.32. The standard InChI is InChI=1S/C18H28N2O3/c1-6-15(18(3,4)14-10-8-7-9-11-14)19-17(23)20(5)12-13(2)16(21)22/h7-11,13,15H,6,12H2,1-5H3,(H,19,23)(H,21,22). The third-order valence-corrected chi connectivity index (χ3v) is 4.41. The Morgan fingerprint density at radius 3 is 2.30 bits per heavy atom. The number of nitrogens with one attached hydrogen (secondary N) is 1. The van der Waals surface area contributed by atoms with Gasteiger partial charge in [-0.1, -0.05) is 58.0 Å². The Kier molecular flexibility index (Phi) is 6.61. The van der Waals surface area contributed by atoms with Crippen LogP contribution in [0.2, 0.25) is 0 Å². The molecule has 0 saturated heterocycles. The van der Waals surface area contributed by atoms with Crippen LogP contribution in [-0.4, -0.2) is 41.6 Å². The summed E-state index contributed by atoms with van der Waals surface area (Å²) in [6, 6.07) is 9.79. The second-order valence-electron chi connectivity index (χ2n) is 6.62. The van der Waals surface area contributed by atoms with E-state index in [0.29, 0.717) is 0 Å². The summed E-state index contributed by atoms with van der Waals surface area (Å²) in [5, 5.41) is 12.0. The predicted molar refractivity (Wildman–Crippen MR) is 91.5 cm³/mol. The Labute approximate surface area is 138 Å². The van der Waals surface area contributed by atoms with Crippen LogP contribution in [0.3, 0.4) is 0 Å². The molecular weight excluding hydrogens is 292 g/mol. The van der Waals surface area contributed by atoms with E-state index in [1.54, 1.807) is 14.0 Å². The third kappa shape index (κ3) is 4.98. The van der Waals surface area contributed by atoms with E-state index in [4.69, 9.17) is 5.11 Å². The second-order valence-corrected chi connectivity index (χ2v) is 6.62. The third-order valence-electron chi connectivity index (χ3n) is 4.41. The van der Waals surface area contributed by atoms with Gasteiger partial charge in [-0.05, 0) is 12.0 Å². The van der Waals surface area contributed by atoms with Crippen LogP contribution in [0.15, 0.2) is 30.3 Å². The molecule has 0 bridgehead atoms. The van der Waals surface area contributed by atoms with Crippen molar-refractivity contribution in [3.63, 3.8) is 0 Å². The Hall–Kier alpha value is -2.04. The number of carboxylic acids is 1. The van der Waals surface area contributed by atoms with Crippen molar-refractivity contribution < 1.29 is 14.7 Å². The van der Waals surface area contributed by atoms with Gasteiger partial charge in [0.25, 0.3) is 0 Å². The minimum absolute atomic E-state index is 0.0417. The molecule has 1 rings (SSSR count). The molecule has 23 heavy (non-hydrogen) atoms. The second kappa shape index (κ2) is 7.99. The molecule has 0 aliphatic heterocycles. The zero-order valence-corrected chi connectivity index (χ0v) is 14.7. The Morgan fingerprint density at radius 2 is 1.83 bits per heavy atom. The Morgan fingerprint density at radius 1 is 1.26 bits per heavy atom. The number of hydrogen-bond donors (Lipinski definition) is 2.